The summed E-state index contributed by atoms with van der Waals surface area (Å²) in [6.07, 6.45) is 2.06. The van der Waals surface area contributed by atoms with Gasteiger partial charge in [0.1, 0.15) is 12.9 Å². The lowest BCUT2D eigenvalue weighted by Gasteiger charge is -2.29. The Labute approximate surface area is 114 Å². The lowest BCUT2D eigenvalue weighted by Crippen LogP contribution is -2.42. The first kappa shape index (κ1) is 14.8. The molecule has 1 aliphatic rings. The fourth-order valence-electron chi connectivity index (χ4n) is 2.27. The van der Waals surface area contributed by atoms with Crippen molar-refractivity contribution in [1.82, 2.24) is 14.9 Å². The van der Waals surface area contributed by atoms with E-state index in [2.05, 4.69) is 10.3 Å². The molecule has 0 aliphatic heterocycles. The van der Waals surface area contributed by atoms with E-state index in [1.54, 1.807) is 0 Å². The predicted molar refractivity (Wildman–Crippen MR) is 64.2 cm³/mol. The van der Waals surface area contributed by atoms with Crippen molar-refractivity contribution in [2.75, 3.05) is 6.61 Å². The molecule has 20 heavy (non-hydrogen) atoms. The molecule has 2 unspecified atom stereocenters. The Morgan fingerprint density at radius 3 is 2.90 bits per heavy atom. The summed E-state index contributed by atoms with van der Waals surface area (Å²) in [4.78, 5) is 15.5. The van der Waals surface area contributed by atoms with Crippen molar-refractivity contribution in [1.29, 1.82) is 0 Å². The summed E-state index contributed by atoms with van der Waals surface area (Å²) in [5.74, 6) is 0. The van der Waals surface area contributed by atoms with Gasteiger partial charge in [0.15, 0.2) is 0 Å². The van der Waals surface area contributed by atoms with Gasteiger partial charge in [0.2, 0.25) is 0 Å². The quantitative estimate of drug-likeness (QED) is 0.930. The number of imidazole rings is 1. The normalized spacial score (nSPS) is 23.6. The molecule has 2 atom stereocenters. The van der Waals surface area contributed by atoms with Crippen LogP contribution in [0.4, 0.5) is 18.0 Å². The third-order valence-electron chi connectivity index (χ3n) is 3.18. The number of carbonyl (C=O) groups is 1. The molecule has 0 aromatic carbocycles. The Bertz CT molecular complexity index is 434. The van der Waals surface area contributed by atoms with E-state index in [4.69, 9.17) is 4.74 Å². The van der Waals surface area contributed by atoms with Gasteiger partial charge in [0.05, 0.1) is 6.10 Å². The van der Waals surface area contributed by atoms with Gasteiger partial charge < -0.3 is 10.1 Å². The van der Waals surface area contributed by atoms with Crippen LogP contribution in [-0.2, 0) is 4.74 Å². The molecular weight excluding hydrogens is 275 g/mol. The lowest BCUT2D eigenvalue weighted by atomic mass is 9.93. The van der Waals surface area contributed by atoms with Crippen LogP contribution in [0.3, 0.4) is 0 Å². The molecule has 1 saturated carbocycles. The largest absolute Gasteiger partial charge is 0.411 e. The Morgan fingerprint density at radius 1 is 1.45 bits per heavy atom. The van der Waals surface area contributed by atoms with Gasteiger partial charge in [-0.3, -0.25) is 4.57 Å². The van der Waals surface area contributed by atoms with Crippen molar-refractivity contribution in [2.45, 2.75) is 44.0 Å². The van der Waals surface area contributed by atoms with E-state index < -0.39 is 18.9 Å². The van der Waals surface area contributed by atoms with Crippen molar-refractivity contribution in [3.63, 3.8) is 0 Å². The number of ether oxygens (including phenoxy) is 1. The van der Waals surface area contributed by atoms with Gasteiger partial charge in [0, 0.05) is 18.4 Å². The first-order chi connectivity index (χ1) is 9.44. The molecule has 1 amide bonds. The molecule has 1 aliphatic carbocycles. The molecule has 0 bridgehead atoms. The van der Waals surface area contributed by atoms with Crippen LogP contribution in [0, 0.1) is 0 Å². The molecule has 1 heterocycles. The summed E-state index contributed by atoms with van der Waals surface area (Å²) in [5, 5.41) is 2.77. The zero-order chi connectivity index (χ0) is 14.6. The zero-order valence-corrected chi connectivity index (χ0v) is 10.8. The maximum atomic E-state index is 12.1. The number of amides is 1. The van der Waals surface area contributed by atoms with Gasteiger partial charge in [-0.15, -0.1) is 0 Å². The summed E-state index contributed by atoms with van der Waals surface area (Å²) in [6.45, 7) is -1.24. The van der Waals surface area contributed by atoms with Crippen LogP contribution in [0.1, 0.15) is 25.7 Å². The van der Waals surface area contributed by atoms with Crippen molar-refractivity contribution >= 4 is 6.03 Å². The number of nitrogens with one attached hydrogen (secondary N) is 1. The van der Waals surface area contributed by atoms with Crippen molar-refractivity contribution < 1.29 is 22.7 Å². The Hall–Kier alpha value is -1.57. The highest BCUT2D eigenvalue weighted by atomic mass is 19.4. The van der Waals surface area contributed by atoms with Crippen molar-refractivity contribution in [3.05, 3.63) is 18.7 Å². The third-order valence-corrected chi connectivity index (χ3v) is 3.18. The predicted octanol–water partition coefficient (Wildman–Crippen LogP) is 2.33. The molecule has 5 nitrogen and oxygen atoms in total. The van der Waals surface area contributed by atoms with E-state index in [0.717, 1.165) is 12.8 Å². The zero-order valence-electron chi connectivity index (χ0n) is 10.8. The monoisotopic (exact) mass is 291 g/mol. The molecule has 0 spiro atoms. The van der Waals surface area contributed by atoms with Gasteiger partial charge in [-0.1, -0.05) is 0 Å². The van der Waals surface area contributed by atoms with Crippen LogP contribution >= 0.6 is 0 Å². The van der Waals surface area contributed by atoms with Gasteiger partial charge in [0.25, 0.3) is 0 Å². The summed E-state index contributed by atoms with van der Waals surface area (Å²) in [6, 6.07) is -0.499. The molecule has 1 aromatic heterocycles. The highest BCUT2D eigenvalue weighted by Crippen LogP contribution is 2.24. The van der Waals surface area contributed by atoms with E-state index in [9.17, 15) is 18.0 Å². The number of hydrogen-bond acceptors (Lipinski definition) is 3. The molecule has 0 radical (unpaired) electrons. The fraction of sp³-hybridized carbons (Fsp3) is 0.667. The van der Waals surface area contributed by atoms with E-state index >= 15 is 0 Å². The van der Waals surface area contributed by atoms with Crippen LogP contribution in [0.2, 0.25) is 0 Å². The molecular formula is C12H16F3N3O2. The Morgan fingerprint density at radius 2 is 2.25 bits per heavy atom. The van der Waals surface area contributed by atoms with Crippen molar-refractivity contribution in [2.24, 2.45) is 0 Å². The number of hydrogen-bond donors (Lipinski definition) is 1. The summed E-state index contributed by atoms with van der Waals surface area (Å²) in [7, 11) is 0. The van der Waals surface area contributed by atoms with Crippen LogP contribution in [0.25, 0.3) is 0 Å². The van der Waals surface area contributed by atoms with Gasteiger partial charge in [-0.25, -0.2) is 9.78 Å². The summed E-state index contributed by atoms with van der Waals surface area (Å²) < 4.78 is 42.4. The molecule has 112 valence electrons. The third kappa shape index (κ3) is 4.52. The maximum absolute atomic E-state index is 12.1. The van der Waals surface area contributed by atoms with Gasteiger partial charge in [-0.2, -0.15) is 13.2 Å². The number of alkyl halides is 3. The van der Waals surface area contributed by atoms with Crippen molar-refractivity contribution in [3.8, 4) is 0 Å². The Balaban J connectivity index is 1.80. The highest BCUT2D eigenvalue weighted by Gasteiger charge is 2.31. The Kier molecular flexibility index (Phi) is 4.64. The minimum atomic E-state index is -4.31. The van der Waals surface area contributed by atoms with E-state index in [1.807, 2.05) is 0 Å². The molecule has 1 N–H and O–H groups in total. The lowest BCUT2D eigenvalue weighted by molar-refractivity contribution is -0.188. The molecule has 0 saturated heterocycles. The molecule has 1 aromatic rings. The number of aromatic nitrogens is 2. The van der Waals surface area contributed by atoms with E-state index in [-0.39, 0.29) is 12.1 Å². The number of nitrogens with zero attached hydrogens (tertiary/aromatic N) is 2. The van der Waals surface area contributed by atoms with Crippen LogP contribution in [0.15, 0.2) is 18.7 Å². The molecule has 2 rings (SSSR count). The fourth-order valence-corrected chi connectivity index (χ4v) is 2.27. The maximum Gasteiger partial charge on any atom is 0.411 e. The second-order valence-electron chi connectivity index (χ2n) is 4.83. The summed E-state index contributed by atoms with van der Waals surface area (Å²) >= 11 is 0. The average molecular weight is 291 g/mol. The minimum absolute atomic E-state index is 0.170. The first-order valence-corrected chi connectivity index (χ1v) is 6.41. The standard InChI is InChI=1S/C12H16F3N3O2/c13-12(14,15)7-20-10-3-1-2-9(6-10)17-11(19)18-5-4-16-8-18/h4-5,8-10H,1-3,6-7H2,(H,17,19). The topological polar surface area (TPSA) is 56.1 Å². The first-order valence-electron chi connectivity index (χ1n) is 6.41. The molecule has 1 fully saturated rings. The average Bonchev–Trinajstić information content (AvgIpc) is 2.90. The number of halogens is 3. The smallest absolute Gasteiger partial charge is 0.369 e. The van der Waals surface area contributed by atoms with E-state index in [0.29, 0.717) is 12.8 Å². The van der Waals surface area contributed by atoms with E-state index in [1.165, 1.54) is 23.3 Å². The molecule has 8 heteroatoms. The van der Waals surface area contributed by atoms with Crippen LogP contribution in [0.5, 0.6) is 0 Å². The second kappa shape index (κ2) is 6.25. The summed E-state index contributed by atoms with van der Waals surface area (Å²) in [5.41, 5.74) is 0. The van der Waals surface area contributed by atoms with Crippen LogP contribution < -0.4 is 5.32 Å². The van der Waals surface area contributed by atoms with Gasteiger partial charge in [-0.05, 0) is 25.7 Å². The van der Waals surface area contributed by atoms with Crippen LogP contribution in [-0.4, -0.2) is 40.5 Å². The minimum Gasteiger partial charge on any atom is -0.369 e. The highest BCUT2D eigenvalue weighted by molar-refractivity contribution is 5.76. The van der Waals surface area contributed by atoms with Gasteiger partial charge >= 0.3 is 12.2 Å². The SMILES string of the molecule is O=C(NC1CCCC(OCC(F)(F)F)C1)n1ccnc1. The number of rotatable bonds is 3. The second-order valence-corrected chi connectivity index (χ2v) is 4.83. The number of carbonyl (C=O) groups excluding carboxylic acids is 1.